The molecule has 7 rings (SSSR count). The largest absolute Gasteiger partial charge is 0.478 e. The Labute approximate surface area is 223 Å². The minimum atomic E-state index is -0.911. The summed E-state index contributed by atoms with van der Waals surface area (Å²) in [5.74, 6) is -0.211. The molecule has 4 aromatic rings. The van der Waals surface area contributed by atoms with E-state index in [-0.39, 0.29) is 17.1 Å². The monoisotopic (exact) mass is 535 g/mol. The number of carbonyl (C=O) groups is 1. The van der Waals surface area contributed by atoms with Crippen molar-refractivity contribution in [3.8, 4) is 11.3 Å². The van der Waals surface area contributed by atoms with Crippen molar-refractivity contribution >= 4 is 34.2 Å². The Hall–Kier alpha value is -3.36. The van der Waals surface area contributed by atoms with Crippen LogP contribution in [-0.2, 0) is 18.4 Å². The van der Waals surface area contributed by atoms with Crippen LogP contribution >= 0.6 is 11.6 Å². The Balaban J connectivity index is 1.01. The van der Waals surface area contributed by atoms with Crippen molar-refractivity contribution in [2.24, 2.45) is 12.5 Å². The molecular formula is C29H27ClFN3O4. The third-order valence-corrected chi connectivity index (χ3v) is 8.69. The molecule has 0 radical (unpaired) electrons. The van der Waals surface area contributed by atoms with Crippen molar-refractivity contribution in [3.05, 3.63) is 70.3 Å². The zero-order valence-corrected chi connectivity index (χ0v) is 21.7. The summed E-state index contributed by atoms with van der Waals surface area (Å²) in [6.07, 6.45) is 5.83. The lowest BCUT2D eigenvalue weighted by atomic mass is 9.61. The standard InChI is InChI=1S/C29H27ClFN3O4/c1-33-12-20(28(35)36)19-8-7-17(9-24(19)33)34-14-29(15-34)10-18(11-29)37-13-21-26(32-38-27(21)16-5-6-16)25-22(30)3-2-4-23(25)31/h2-4,7-9,12,16,18H,5-6,10-11,13-15H2,1H3,(H,35,36). The lowest BCUT2D eigenvalue weighted by molar-refractivity contribution is -0.0998. The first-order valence-corrected chi connectivity index (χ1v) is 13.3. The zero-order valence-electron chi connectivity index (χ0n) is 20.9. The number of halogens is 2. The summed E-state index contributed by atoms with van der Waals surface area (Å²) >= 11 is 6.33. The average Bonchev–Trinajstić information content (AvgIpc) is 3.52. The van der Waals surface area contributed by atoms with Gasteiger partial charge in [0, 0.05) is 54.3 Å². The van der Waals surface area contributed by atoms with Crippen LogP contribution in [0.3, 0.4) is 0 Å². The van der Waals surface area contributed by atoms with Gasteiger partial charge in [-0.3, -0.25) is 0 Å². The van der Waals surface area contributed by atoms with Gasteiger partial charge in [-0.15, -0.1) is 0 Å². The molecule has 38 heavy (non-hydrogen) atoms. The Kier molecular flexibility index (Phi) is 5.36. The van der Waals surface area contributed by atoms with Crippen molar-refractivity contribution in [1.29, 1.82) is 0 Å². The molecule has 2 aliphatic carbocycles. The molecule has 2 saturated carbocycles. The van der Waals surface area contributed by atoms with Crippen LogP contribution in [0.25, 0.3) is 22.2 Å². The maximum absolute atomic E-state index is 14.7. The van der Waals surface area contributed by atoms with Crippen LogP contribution in [0.15, 0.2) is 47.1 Å². The minimum absolute atomic E-state index is 0.136. The van der Waals surface area contributed by atoms with Crippen LogP contribution in [0.5, 0.6) is 0 Å². The van der Waals surface area contributed by atoms with Crippen LogP contribution in [0, 0.1) is 11.2 Å². The van der Waals surface area contributed by atoms with E-state index in [2.05, 4.69) is 16.1 Å². The minimum Gasteiger partial charge on any atom is -0.478 e. The second-order valence-corrected chi connectivity index (χ2v) is 11.5. The van der Waals surface area contributed by atoms with Gasteiger partial charge in [0.2, 0.25) is 0 Å². The van der Waals surface area contributed by atoms with Gasteiger partial charge in [-0.2, -0.15) is 0 Å². The third-order valence-electron chi connectivity index (χ3n) is 8.37. The molecule has 3 heterocycles. The highest BCUT2D eigenvalue weighted by molar-refractivity contribution is 6.33. The molecule has 2 aromatic carbocycles. The number of aromatic nitrogens is 2. The van der Waals surface area contributed by atoms with Crippen molar-refractivity contribution < 1.29 is 23.6 Å². The first-order chi connectivity index (χ1) is 18.3. The summed E-state index contributed by atoms with van der Waals surface area (Å²) in [7, 11) is 1.87. The predicted octanol–water partition coefficient (Wildman–Crippen LogP) is 6.39. The topological polar surface area (TPSA) is 80.7 Å². The summed E-state index contributed by atoms with van der Waals surface area (Å²) in [6.45, 7) is 2.23. The van der Waals surface area contributed by atoms with E-state index in [1.54, 1.807) is 18.3 Å². The van der Waals surface area contributed by atoms with Gasteiger partial charge < -0.3 is 23.8 Å². The highest BCUT2D eigenvalue weighted by Gasteiger charge is 2.53. The molecule has 1 saturated heterocycles. The van der Waals surface area contributed by atoms with E-state index in [4.69, 9.17) is 20.9 Å². The average molecular weight is 536 g/mol. The van der Waals surface area contributed by atoms with E-state index in [0.29, 0.717) is 28.8 Å². The number of fused-ring (bicyclic) bond motifs is 1. The second-order valence-electron chi connectivity index (χ2n) is 11.1. The maximum Gasteiger partial charge on any atom is 0.337 e. The Morgan fingerprint density at radius 2 is 2.05 bits per heavy atom. The Morgan fingerprint density at radius 1 is 1.26 bits per heavy atom. The summed E-state index contributed by atoms with van der Waals surface area (Å²) in [5.41, 5.74) is 4.12. The number of aryl methyl sites for hydroxylation is 1. The number of anilines is 1. The maximum atomic E-state index is 14.7. The van der Waals surface area contributed by atoms with Crippen LogP contribution in [0.2, 0.25) is 5.02 Å². The van der Waals surface area contributed by atoms with Gasteiger partial charge in [-0.1, -0.05) is 22.8 Å². The lowest BCUT2D eigenvalue weighted by Gasteiger charge is -2.59. The zero-order chi connectivity index (χ0) is 26.2. The van der Waals surface area contributed by atoms with Gasteiger partial charge in [0.05, 0.1) is 34.4 Å². The molecule has 0 unspecified atom stereocenters. The van der Waals surface area contributed by atoms with E-state index >= 15 is 0 Å². The lowest BCUT2D eigenvalue weighted by Crippen LogP contribution is -2.64. The van der Waals surface area contributed by atoms with Gasteiger partial charge in [-0.05, 0) is 56.0 Å². The molecule has 1 aliphatic heterocycles. The van der Waals surface area contributed by atoms with E-state index in [0.717, 1.165) is 66.7 Å². The number of carboxylic acid groups (broad SMARTS) is 1. The van der Waals surface area contributed by atoms with Crippen LogP contribution in [0.4, 0.5) is 10.1 Å². The number of rotatable bonds is 7. The first-order valence-electron chi connectivity index (χ1n) is 12.9. The van der Waals surface area contributed by atoms with Crippen LogP contribution in [0.1, 0.15) is 53.3 Å². The molecule has 1 spiro atoms. The smallest absolute Gasteiger partial charge is 0.337 e. The van der Waals surface area contributed by atoms with Gasteiger partial charge >= 0.3 is 5.97 Å². The SMILES string of the molecule is Cn1cc(C(=O)O)c2ccc(N3CC4(CC(OCc5c(-c6c(F)cccc6Cl)noc5C5CC5)C4)C3)cc21. The second kappa shape index (κ2) is 8.58. The molecule has 2 aromatic heterocycles. The summed E-state index contributed by atoms with van der Waals surface area (Å²) in [5, 5.41) is 14.7. The fourth-order valence-electron chi connectivity index (χ4n) is 6.22. The molecular weight excluding hydrogens is 509 g/mol. The fraction of sp³-hybridized carbons (Fsp3) is 0.379. The molecule has 9 heteroatoms. The molecule has 0 atom stereocenters. The van der Waals surface area contributed by atoms with Crippen molar-refractivity contribution in [1.82, 2.24) is 9.72 Å². The summed E-state index contributed by atoms with van der Waals surface area (Å²) in [4.78, 5) is 13.9. The Morgan fingerprint density at radius 3 is 2.76 bits per heavy atom. The fourth-order valence-corrected chi connectivity index (χ4v) is 6.47. The van der Waals surface area contributed by atoms with Crippen molar-refractivity contribution in [2.45, 2.75) is 44.3 Å². The molecule has 1 N–H and O–H groups in total. The van der Waals surface area contributed by atoms with E-state index in [9.17, 15) is 14.3 Å². The number of hydrogen-bond donors (Lipinski definition) is 1. The van der Waals surface area contributed by atoms with E-state index in [1.165, 1.54) is 6.07 Å². The molecule has 196 valence electrons. The Bertz CT molecular complexity index is 1560. The number of aromatic carboxylic acids is 1. The van der Waals surface area contributed by atoms with Crippen LogP contribution in [-0.4, -0.2) is 40.0 Å². The summed E-state index contributed by atoms with van der Waals surface area (Å²) < 4.78 is 28.5. The molecule has 0 bridgehead atoms. The molecule has 3 aliphatic rings. The van der Waals surface area contributed by atoms with E-state index in [1.807, 2.05) is 23.7 Å². The predicted molar refractivity (Wildman–Crippen MR) is 141 cm³/mol. The highest BCUT2D eigenvalue weighted by Crippen LogP contribution is 2.52. The van der Waals surface area contributed by atoms with Gasteiger partial charge in [0.25, 0.3) is 0 Å². The first kappa shape index (κ1) is 23.7. The normalized spacial score (nSPS) is 18.7. The third kappa shape index (κ3) is 3.81. The van der Waals surface area contributed by atoms with Gasteiger partial charge in [0.1, 0.15) is 17.3 Å². The van der Waals surface area contributed by atoms with Gasteiger partial charge in [0.15, 0.2) is 0 Å². The molecule has 0 amide bonds. The molecule has 7 nitrogen and oxygen atoms in total. The summed E-state index contributed by atoms with van der Waals surface area (Å²) in [6, 6.07) is 10.6. The number of benzene rings is 2. The van der Waals surface area contributed by atoms with Crippen molar-refractivity contribution in [2.75, 3.05) is 18.0 Å². The number of hydrogen-bond acceptors (Lipinski definition) is 5. The number of ether oxygens (including phenoxy) is 1. The van der Waals surface area contributed by atoms with Crippen LogP contribution < -0.4 is 4.90 Å². The van der Waals surface area contributed by atoms with Crippen molar-refractivity contribution in [3.63, 3.8) is 0 Å². The van der Waals surface area contributed by atoms with E-state index < -0.39 is 11.8 Å². The quantitative estimate of drug-likeness (QED) is 0.295. The number of nitrogens with zero attached hydrogens (tertiary/aromatic N) is 3. The molecule has 3 fully saturated rings. The highest BCUT2D eigenvalue weighted by atomic mass is 35.5. The van der Waals surface area contributed by atoms with Gasteiger partial charge in [-0.25, -0.2) is 9.18 Å². The number of carboxylic acids is 1.